The molecule has 152 valence electrons. The molecule has 9 heteroatoms. The van der Waals surface area contributed by atoms with E-state index in [0.717, 1.165) is 5.56 Å². The Labute approximate surface area is 167 Å². The molecule has 3 amide bonds. The van der Waals surface area contributed by atoms with Gasteiger partial charge < -0.3 is 20.5 Å². The van der Waals surface area contributed by atoms with Crippen LogP contribution in [0.5, 0.6) is 5.75 Å². The topological polar surface area (TPSA) is 132 Å². The Morgan fingerprint density at radius 3 is 2.28 bits per heavy atom. The zero-order valence-electron chi connectivity index (χ0n) is 16.1. The molecule has 0 bridgehead atoms. The number of rotatable bonds is 8. The lowest BCUT2D eigenvalue weighted by molar-refractivity contribution is -0.115. The van der Waals surface area contributed by atoms with Crippen molar-refractivity contribution in [2.24, 2.45) is 10.8 Å². The Hall–Kier alpha value is -3.88. The number of primary amides is 1. The van der Waals surface area contributed by atoms with Crippen molar-refractivity contribution in [1.29, 1.82) is 0 Å². The third kappa shape index (κ3) is 7.33. The van der Waals surface area contributed by atoms with Crippen molar-refractivity contribution >= 4 is 29.3 Å². The van der Waals surface area contributed by atoms with E-state index in [1.165, 1.54) is 12.1 Å². The summed E-state index contributed by atoms with van der Waals surface area (Å²) in [7, 11) is 1.57. The van der Waals surface area contributed by atoms with Gasteiger partial charge in [0.05, 0.1) is 13.5 Å². The van der Waals surface area contributed by atoms with Gasteiger partial charge in [0.1, 0.15) is 12.4 Å². The first-order valence-electron chi connectivity index (χ1n) is 8.66. The molecular weight excluding hydrogens is 376 g/mol. The second-order valence-corrected chi connectivity index (χ2v) is 6.05. The number of benzene rings is 2. The highest BCUT2D eigenvalue weighted by atomic mass is 16.6. The Kier molecular flexibility index (Phi) is 7.72. The van der Waals surface area contributed by atoms with Gasteiger partial charge in [-0.2, -0.15) is 5.10 Å². The van der Waals surface area contributed by atoms with Gasteiger partial charge in [0.15, 0.2) is 0 Å². The van der Waals surface area contributed by atoms with Crippen LogP contribution in [0.15, 0.2) is 53.6 Å². The van der Waals surface area contributed by atoms with Crippen LogP contribution in [0, 0.1) is 0 Å². The number of carbonyl (C=O) groups excluding carboxylic acids is 3. The Bertz CT molecular complexity index is 892. The molecule has 2 aromatic carbocycles. The molecule has 2 aromatic rings. The zero-order chi connectivity index (χ0) is 21.2. The summed E-state index contributed by atoms with van der Waals surface area (Å²) < 4.78 is 10.1. The number of nitrogens with two attached hydrogens (primary N) is 1. The number of amides is 3. The summed E-state index contributed by atoms with van der Waals surface area (Å²) in [6.07, 6.45) is -0.765. The van der Waals surface area contributed by atoms with Crippen LogP contribution in [0.3, 0.4) is 0 Å². The Morgan fingerprint density at radius 2 is 1.69 bits per heavy atom. The molecule has 4 N–H and O–H groups in total. The molecule has 0 spiro atoms. The fourth-order valence-electron chi connectivity index (χ4n) is 2.24. The van der Waals surface area contributed by atoms with Crippen molar-refractivity contribution < 1.29 is 23.9 Å². The molecule has 0 aromatic heterocycles. The van der Waals surface area contributed by atoms with E-state index in [-0.39, 0.29) is 18.9 Å². The first kappa shape index (κ1) is 21.4. The van der Waals surface area contributed by atoms with Crippen LogP contribution < -0.4 is 21.2 Å². The van der Waals surface area contributed by atoms with E-state index in [4.69, 9.17) is 15.2 Å². The highest BCUT2D eigenvalue weighted by Crippen LogP contribution is 2.12. The van der Waals surface area contributed by atoms with E-state index < -0.39 is 12.0 Å². The van der Waals surface area contributed by atoms with E-state index in [2.05, 4.69) is 15.8 Å². The molecule has 0 radical (unpaired) electrons. The lowest BCUT2D eigenvalue weighted by Gasteiger charge is -2.07. The predicted octanol–water partition coefficient (Wildman–Crippen LogP) is 2.43. The number of anilines is 1. The average molecular weight is 398 g/mol. The van der Waals surface area contributed by atoms with Gasteiger partial charge in [-0.3, -0.25) is 9.59 Å². The van der Waals surface area contributed by atoms with Crippen molar-refractivity contribution in [3.8, 4) is 5.75 Å². The molecular formula is C20H22N4O5. The number of carbonyl (C=O) groups is 3. The summed E-state index contributed by atoms with van der Waals surface area (Å²) in [4.78, 5) is 34.7. The average Bonchev–Trinajstić information content (AvgIpc) is 2.71. The van der Waals surface area contributed by atoms with Crippen molar-refractivity contribution in [3.05, 3.63) is 59.7 Å². The number of methoxy groups -OCH3 is 1. The third-order valence-corrected chi connectivity index (χ3v) is 3.74. The van der Waals surface area contributed by atoms with Crippen molar-refractivity contribution in [2.45, 2.75) is 20.0 Å². The molecule has 0 aliphatic heterocycles. The Morgan fingerprint density at radius 1 is 1.03 bits per heavy atom. The van der Waals surface area contributed by atoms with Crippen LogP contribution in [0.4, 0.5) is 10.5 Å². The van der Waals surface area contributed by atoms with Gasteiger partial charge in [0.2, 0.25) is 11.8 Å². The Balaban J connectivity index is 1.75. The summed E-state index contributed by atoms with van der Waals surface area (Å²) in [6.45, 7) is 1.67. The minimum Gasteiger partial charge on any atom is -0.497 e. The molecule has 0 aliphatic rings. The van der Waals surface area contributed by atoms with Crippen LogP contribution in [-0.2, 0) is 16.1 Å². The maximum absolute atomic E-state index is 12.0. The van der Waals surface area contributed by atoms with Gasteiger partial charge >= 0.3 is 6.09 Å². The molecule has 2 rings (SSSR count). The minimum atomic E-state index is -0.734. The van der Waals surface area contributed by atoms with Crippen LogP contribution in [0.1, 0.15) is 29.3 Å². The number of nitrogens with one attached hydrogen (secondary N) is 2. The minimum absolute atomic E-state index is 0.0314. The summed E-state index contributed by atoms with van der Waals surface area (Å²) in [5.74, 6) is -0.164. The molecule has 0 aliphatic carbocycles. The fourth-order valence-corrected chi connectivity index (χ4v) is 2.24. The SMILES string of the molecule is COc1ccc(COC(=O)N/N=C(/C)CC(=O)Nc2ccc(C(N)=O)cc2)cc1. The molecule has 0 atom stereocenters. The number of hydrogen-bond acceptors (Lipinski definition) is 6. The maximum atomic E-state index is 12.0. The molecule has 0 saturated heterocycles. The summed E-state index contributed by atoms with van der Waals surface area (Å²) in [5.41, 5.74) is 9.44. The lowest BCUT2D eigenvalue weighted by atomic mass is 10.2. The third-order valence-electron chi connectivity index (χ3n) is 3.74. The molecule has 0 saturated carbocycles. The first-order valence-corrected chi connectivity index (χ1v) is 8.66. The predicted molar refractivity (Wildman–Crippen MR) is 108 cm³/mol. The van der Waals surface area contributed by atoms with E-state index in [0.29, 0.717) is 22.7 Å². The number of nitrogens with zero attached hydrogens (tertiary/aromatic N) is 1. The molecule has 9 nitrogen and oxygen atoms in total. The van der Waals surface area contributed by atoms with E-state index in [1.807, 2.05) is 0 Å². The quantitative estimate of drug-likeness (QED) is 0.464. The summed E-state index contributed by atoms with van der Waals surface area (Å²) >= 11 is 0. The van der Waals surface area contributed by atoms with Crippen molar-refractivity contribution in [2.75, 3.05) is 12.4 Å². The summed E-state index contributed by atoms with van der Waals surface area (Å²) in [5, 5.41) is 6.49. The van der Waals surface area contributed by atoms with Gasteiger partial charge in [0, 0.05) is 17.0 Å². The van der Waals surface area contributed by atoms with Gasteiger partial charge in [-0.1, -0.05) is 12.1 Å². The van der Waals surface area contributed by atoms with Gasteiger partial charge in [-0.05, 0) is 48.9 Å². The van der Waals surface area contributed by atoms with E-state index in [1.54, 1.807) is 50.4 Å². The fraction of sp³-hybridized carbons (Fsp3) is 0.200. The standard InChI is InChI=1S/C20H22N4O5/c1-13(11-18(25)22-16-7-5-15(6-8-16)19(21)26)23-24-20(27)29-12-14-3-9-17(28-2)10-4-14/h3-10H,11-12H2,1-2H3,(H2,21,26)(H,22,25)(H,24,27)/b23-13-. The van der Waals surface area contributed by atoms with Gasteiger partial charge in [0.25, 0.3) is 0 Å². The normalized spacial score (nSPS) is 10.8. The zero-order valence-corrected chi connectivity index (χ0v) is 16.1. The smallest absolute Gasteiger partial charge is 0.428 e. The number of hydrogen-bond donors (Lipinski definition) is 3. The molecule has 0 heterocycles. The number of ether oxygens (including phenoxy) is 2. The van der Waals surface area contributed by atoms with Crippen LogP contribution >= 0.6 is 0 Å². The highest BCUT2D eigenvalue weighted by molar-refractivity contribution is 6.05. The van der Waals surface area contributed by atoms with Crippen LogP contribution in [0.2, 0.25) is 0 Å². The van der Waals surface area contributed by atoms with Gasteiger partial charge in [-0.15, -0.1) is 0 Å². The largest absolute Gasteiger partial charge is 0.497 e. The van der Waals surface area contributed by atoms with E-state index >= 15 is 0 Å². The second kappa shape index (κ2) is 10.5. The summed E-state index contributed by atoms with van der Waals surface area (Å²) in [6, 6.07) is 13.2. The monoisotopic (exact) mass is 398 g/mol. The number of hydrazone groups is 1. The van der Waals surface area contributed by atoms with E-state index in [9.17, 15) is 14.4 Å². The first-order chi connectivity index (χ1) is 13.9. The van der Waals surface area contributed by atoms with Crippen LogP contribution in [0.25, 0.3) is 0 Å². The second-order valence-electron chi connectivity index (χ2n) is 6.05. The van der Waals surface area contributed by atoms with Gasteiger partial charge in [-0.25, -0.2) is 10.2 Å². The lowest BCUT2D eigenvalue weighted by Crippen LogP contribution is -2.22. The van der Waals surface area contributed by atoms with Crippen LogP contribution in [-0.4, -0.2) is 30.7 Å². The van der Waals surface area contributed by atoms with Crippen molar-refractivity contribution in [3.63, 3.8) is 0 Å². The highest BCUT2D eigenvalue weighted by Gasteiger charge is 2.07. The molecule has 29 heavy (non-hydrogen) atoms. The maximum Gasteiger partial charge on any atom is 0.428 e. The molecule has 0 unspecified atom stereocenters. The molecule has 0 fully saturated rings. The van der Waals surface area contributed by atoms with Crippen molar-refractivity contribution in [1.82, 2.24) is 5.43 Å².